The molecule has 0 saturated heterocycles. The van der Waals surface area contributed by atoms with Crippen molar-refractivity contribution in [2.45, 2.75) is 0 Å². The molecule has 9 nitrogen and oxygen atoms in total. The number of rotatable bonds is 5. The monoisotopic (exact) mass is 424 g/mol. The number of hydrazine groups is 1. The van der Waals surface area contributed by atoms with Crippen molar-refractivity contribution in [2.24, 2.45) is 0 Å². The number of nitro groups is 1. The van der Waals surface area contributed by atoms with Crippen molar-refractivity contribution in [3.05, 3.63) is 82.4 Å². The first-order valence-corrected chi connectivity index (χ1v) is 9.10. The highest BCUT2D eigenvalue weighted by atomic mass is 32.1. The van der Waals surface area contributed by atoms with Gasteiger partial charge in [0.25, 0.3) is 17.5 Å². The zero-order chi connectivity index (χ0) is 21.5. The Morgan fingerprint density at radius 2 is 1.67 bits per heavy atom. The fourth-order valence-corrected chi connectivity index (χ4v) is 2.74. The molecule has 0 spiro atoms. The average molecular weight is 424 g/mol. The number of fused-ring (bicyclic) bond motifs is 1. The molecule has 0 unspecified atom stereocenters. The summed E-state index contributed by atoms with van der Waals surface area (Å²) in [6.45, 7) is -0.286. The van der Waals surface area contributed by atoms with Crippen molar-refractivity contribution >= 4 is 45.6 Å². The minimum Gasteiger partial charge on any atom is -0.484 e. The number of hydrogen-bond donors (Lipinski definition) is 3. The summed E-state index contributed by atoms with van der Waals surface area (Å²) in [5.74, 6) is -0.789. The number of para-hydroxylation sites is 1. The fraction of sp³-hybridized carbons (Fsp3) is 0.0500. The molecule has 3 rings (SSSR count). The van der Waals surface area contributed by atoms with E-state index in [9.17, 15) is 19.7 Å². The first-order valence-electron chi connectivity index (χ1n) is 8.69. The number of carbonyl (C=O) groups excluding carboxylic acids is 2. The van der Waals surface area contributed by atoms with Crippen LogP contribution < -0.4 is 20.9 Å². The minimum atomic E-state index is -0.776. The van der Waals surface area contributed by atoms with Crippen molar-refractivity contribution in [2.75, 3.05) is 6.61 Å². The molecule has 0 bridgehead atoms. The average Bonchev–Trinajstić information content (AvgIpc) is 2.76. The van der Waals surface area contributed by atoms with E-state index in [1.54, 1.807) is 6.07 Å². The zero-order valence-corrected chi connectivity index (χ0v) is 16.3. The third-order valence-electron chi connectivity index (χ3n) is 3.98. The number of carbonyl (C=O) groups is 2. The van der Waals surface area contributed by atoms with E-state index in [0.717, 1.165) is 10.8 Å². The number of hydrogen-bond acceptors (Lipinski definition) is 6. The lowest BCUT2D eigenvalue weighted by atomic mass is 10.1. The van der Waals surface area contributed by atoms with E-state index < -0.39 is 16.7 Å². The molecule has 0 aliphatic carbocycles. The molecule has 0 aliphatic heterocycles. The second kappa shape index (κ2) is 9.43. The summed E-state index contributed by atoms with van der Waals surface area (Å²) < 4.78 is 5.44. The smallest absolute Gasteiger partial charge is 0.282 e. The van der Waals surface area contributed by atoms with Gasteiger partial charge in [0.1, 0.15) is 11.3 Å². The Bertz CT molecular complexity index is 1130. The molecule has 0 radical (unpaired) electrons. The standard InChI is InChI=1S/C20H16N4O5S/c25-18(12-29-15-10-9-13-5-1-2-6-14(13)11-15)22-23-20(30)21-19(26)16-7-3-4-8-17(16)24(27)28/h1-11H,12H2,(H,22,25)(H2,21,23,26,30). The molecule has 0 atom stereocenters. The van der Waals surface area contributed by atoms with E-state index in [1.807, 2.05) is 36.4 Å². The molecule has 0 fully saturated rings. The molecule has 0 aromatic heterocycles. The number of benzene rings is 3. The van der Waals surface area contributed by atoms with Gasteiger partial charge in [-0.3, -0.25) is 35.9 Å². The molecule has 3 aromatic rings. The second-order valence-corrected chi connectivity index (χ2v) is 6.44. The third-order valence-corrected chi connectivity index (χ3v) is 4.18. The van der Waals surface area contributed by atoms with Gasteiger partial charge in [0.05, 0.1) is 4.92 Å². The molecule has 0 aliphatic rings. The predicted molar refractivity (Wildman–Crippen MR) is 114 cm³/mol. The minimum absolute atomic E-state index is 0.155. The van der Waals surface area contributed by atoms with Gasteiger partial charge in [0, 0.05) is 6.07 Å². The number of amides is 2. The van der Waals surface area contributed by atoms with Crippen molar-refractivity contribution in [3.8, 4) is 5.75 Å². The van der Waals surface area contributed by atoms with Gasteiger partial charge in [-0.2, -0.15) is 0 Å². The zero-order valence-electron chi connectivity index (χ0n) is 15.5. The van der Waals surface area contributed by atoms with E-state index in [-0.39, 0.29) is 23.0 Å². The van der Waals surface area contributed by atoms with Gasteiger partial charge >= 0.3 is 0 Å². The van der Waals surface area contributed by atoms with Gasteiger partial charge in [-0.25, -0.2) is 0 Å². The van der Waals surface area contributed by atoms with Gasteiger partial charge in [-0.05, 0) is 41.2 Å². The van der Waals surface area contributed by atoms with Crippen LogP contribution in [0, 0.1) is 10.1 Å². The summed E-state index contributed by atoms with van der Waals surface area (Å²) in [5.41, 5.74) is 4.12. The van der Waals surface area contributed by atoms with Crippen LogP contribution >= 0.6 is 12.2 Å². The lowest BCUT2D eigenvalue weighted by Crippen LogP contribution is -2.49. The van der Waals surface area contributed by atoms with Crippen LogP contribution in [-0.4, -0.2) is 28.5 Å². The Hall–Kier alpha value is -4.05. The van der Waals surface area contributed by atoms with Crippen molar-refractivity contribution < 1.29 is 19.2 Å². The van der Waals surface area contributed by atoms with Gasteiger partial charge < -0.3 is 4.74 Å². The van der Waals surface area contributed by atoms with Crippen molar-refractivity contribution in [1.29, 1.82) is 0 Å². The van der Waals surface area contributed by atoms with Crippen LogP contribution in [0.25, 0.3) is 10.8 Å². The SMILES string of the molecule is O=C(COc1ccc2ccccc2c1)NNC(=S)NC(=O)c1ccccc1[N+](=O)[O-]. The Kier molecular flexibility index (Phi) is 6.50. The normalized spacial score (nSPS) is 10.1. The summed E-state index contributed by atoms with van der Waals surface area (Å²) in [7, 11) is 0. The molecule has 0 saturated carbocycles. The number of nitrogens with one attached hydrogen (secondary N) is 3. The van der Waals surface area contributed by atoms with Crippen LogP contribution in [0.5, 0.6) is 5.75 Å². The predicted octanol–water partition coefficient (Wildman–Crippen LogP) is 2.46. The lowest BCUT2D eigenvalue weighted by Gasteiger charge is -2.11. The van der Waals surface area contributed by atoms with Crippen LogP contribution in [0.4, 0.5) is 5.69 Å². The van der Waals surface area contributed by atoms with Crippen LogP contribution in [0.2, 0.25) is 0 Å². The van der Waals surface area contributed by atoms with Gasteiger partial charge in [0.15, 0.2) is 11.7 Å². The Balaban J connectivity index is 1.47. The molecule has 152 valence electrons. The molecule has 2 amide bonds. The summed E-state index contributed by atoms with van der Waals surface area (Å²) in [4.78, 5) is 34.4. The Labute approximate surface area is 176 Å². The summed E-state index contributed by atoms with van der Waals surface area (Å²) in [5, 5.41) is 15.1. The number of ether oxygens (including phenoxy) is 1. The maximum Gasteiger partial charge on any atom is 0.282 e. The maximum atomic E-state index is 12.2. The van der Waals surface area contributed by atoms with Gasteiger partial charge in [-0.15, -0.1) is 0 Å². The topological polar surface area (TPSA) is 123 Å². The molecule has 10 heteroatoms. The largest absolute Gasteiger partial charge is 0.484 e. The summed E-state index contributed by atoms with van der Waals surface area (Å²) >= 11 is 4.92. The maximum absolute atomic E-state index is 12.2. The van der Waals surface area contributed by atoms with E-state index in [4.69, 9.17) is 17.0 Å². The molecule has 3 aromatic carbocycles. The molecule has 3 N–H and O–H groups in total. The first kappa shape index (κ1) is 20.7. The van der Waals surface area contributed by atoms with E-state index in [0.29, 0.717) is 5.75 Å². The summed E-state index contributed by atoms with van der Waals surface area (Å²) in [6.07, 6.45) is 0. The van der Waals surface area contributed by atoms with E-state index in [1.165, 1.54) is 24.3 Å². The number of thiocarbonyl (C=S) groups is 1. The fourth-order valence-electron chi connectivity index (χ4n) is 2.60. The second-order valence-electron chi connectivity index (χ2n) is 6.03. The van der Waals surface area contributed by atoms with E-state index in [2.05, 4.69) is 16.2 Å². The van der Waals surface area contributed by atoms with Crippen LogP contribution in [0.1, 0.15) is 10.4 Å². The summed E-state index contributed by atoms with van der Waals surface area (Å²) in [6, 6.07) is 18.6. The van der Waals surface area contributed by atoms with Crippen LogP contribution in [0.15, 0.2) is 66.7 Å². The van der Waals surface area contributed by atoms with Gasteiger partial charge in [0.2, 0.25) is 0 Å². The van der Waals surface area contributed by atoms with E-state index >= 15 is 0 Å². The van der Waals surface area contributed by atoms with Crippen molar-refractivity contribution in [1.82, 2.24) is 16.2 Å². The third kappa shape index (κ3) is 5.26. The van der Waals surface area contributed by atoms with Crippen LogP contribution in [-0.2, 0) is 4.79 Å². The molecular weight excluding hydrogens is 408 g/mol. The van der Waals surface area contributed by atoms with Crippen LogP contribution in [0.3, 0.4) is 0 Å². The Morgan fingerprint density at radius 3 is 2.43 bits per heavy atom. The quantitative estimate of drug-likeness (QED) is 0.327. The highest BCUT2D eigenvalue weighted by Crippen LogP contribution is 2.20. The lowest BCUT2D eigenvalue weighted by molar-refractivity contribution is -0.385. The highest BCUT2D eigenvalue weighted by molar-refractivity contribution is 7.80. The first-order chi connectivity index (χ1) is 14.4. The Morgan fingerprint density at radius 1 is 0.967 bits per heavy atom. The van der Waals surface area contributed by atoms with Crippen molar-refractivity contribution in [3.63, 3.8) is 0 Å². The van der Waals surface area contributed by atoms with Gasteiger partial charge in [-0.1, -0.05) is 42.5 Å². The molecule has 0 heterocycles. The molecule has 30 heavy (non-hydrogen) atoms. The highest BCUT2D eigenvalue weighted by Gasteiger charge is 2.19. The molecular formula is C20H16N4O5S. The number of nitro benzene ring substituents is 1. The number of nitrogens with zero attached hydrogens (tertiary/aromatic N) is 1.